The number of benzene rings is 2. The van der Waals surface area contributed by atoms with Gasteiger partial charge in [0.1, 0.15) is 0 Å². The lowest BCUT2D eigenvalue weighted by Gasteiger charge is -2.17. The minimum absolute atomic E-state index is 0.180. The Morgan fingerprint density at radius 3 is 2.40 bits per heavy atom. The lowest BCUT2D eigenvalue weighted by atomic mass is 10.1. The van der Waals surface area contributed by atoms with Crippen molar-refractivity contribution < 1.29 is 13.2 Å². The lowest BCUT2D eigenvalue weighted by molar-refractivity contribution is -0.117. The first-order valence-corrected chi connectivity index (χ1v) is 9.77. The summed E-state index contributed by atoms with van der Waals surface area (Å²) in [5, 5.41) is 2.77. The Morgan fingerprint density at radius 2 is 1.80 bits per heavy atom. The smallest absolute Gasteiger partial charge is 0.241 e. The molecule has 0 saturated carbocycles. The molecule has 1 amide bonds. The number of anilines is 2. The van der Waals surface area contributed by atoms with E-state index < -0.39 is 16.1 Å². The predicted octanol–water partition coefficient (Wildman–Crippen LogP) is 1.73. The van der Waals surface area contributed by atoms with Crippen LogP contribution in [0.4, 0.5) is 11.4 Å². The molecule has 25 heavy (non-hydrogen) atoms. The van der Waals surface area contributed by atoms with Crippen LogP contribution < -0.4 is 15.4 Å². The third-order valence-electron chi connectivity index (χ3n) is 4.16. The summed E-state index contributed by atoms with van der Waals surface area (Å²) in [6, 6.07) is 15.7. The molecule has 2 aromatic rings. The molecule has 0 radical (unpaired) electrons. The molecule has 0 bridgehead atoms. The molecule has 2 aromatic carbocycles. The Bertz CT molecular complexity index is 836. The molecule has 0 aliphatic carbocycles. The van der Waals surface area contributed by atoms with Crippen LogP contribution in [0.1, 0.15) is 12.0 Å². The molecule has 1 unspecified atom stereocenters. The highest BCUT2D eigenvalue weighted by Crippen LogP contribution is 2.25. The van der Waals surface area contributed by atoms with Crippen LogP contribution in [0.25, 0.3) is 0 Å². The molecule has 0 aromatic heterocycles. The summed E-state index contributed by atoms with van der Waals surface area (Å²) in [5.41, 5.74) is 8.17. The van der Waals surface area contributed by atoms with Crippen LogP contribution in [-0.4, -0.2) is 32.7 Å². The van der Waals surface area contributed by atoms with Gasteiger partial charge in [-0.05, 0) is 42.7 Å². The number of nitrogens with two attached hydrogens (primary N) is 1. The SMILES string of the molecule is NC(Cc1ccccc1)C(=O)Nc1ccc(N2CCCS2(=O)=O)cc1. The molecule has 1 heterocycles. The van der Waals surface area contributed by atoms with Gasteiger partial charge in [0.25, 0.3) is 0 Å². The molecular weight excluding hydrogens is 338 g/mol. The summed E-state index contributed by atoms with van der Waals surface area (Å²) in [6.07, 6.45) is 1.09. The van der Waals surface area contributed by atoms with Gasteiger partial charge in [0.2, 0.25) is 15.9 Å². The predicted molar refractivity (Wildman–Crippen MR) is 98.9 cm³/mol. The summed E-state index contributed by atoms with van der Waals surface area (Å²) in [7, 11) is -3.20. The fourth-order valence-corrected chi connectivity index (χ4v) is 4.40. The van der Waals surface area contributed by atoms with Gasteiger partial charge in [-0.3, -0.25) is 9.10 Å². The van der Waals surface area contributed by atoms with Gasteiger partial charge in [0.15, 0.2) is 0 Å². The zero-order chi connectivity index (χ0) is 17.9. The maximum absolute atomic E-state index is 12.2. The zero-order valence-corrected chi connectivity index (χ0v) is 14.6. The number of rotatable bonds is 5. The van der Waals surface area contributed by atoms with Gasteiger partial charge >= 0.3 is 0 Å². The highest BCUT2D eigenvalue weighted by atomic mass is 32.2. The molecule has 1 atom stereocenters. The van der Waals surface area contributed by atoms with E-state index in [2.05, 4.69) is 5.32 Å². The Morgan fingerprint density at radius 1 is 1.12 bits per heavy atom. The van der Waals surface area contributed by atoms with Crippen molar-refractivity contribution in [2.45, 2.75) is 18.9 Å². The van der Waals surface area contributed by atoms with E-state index in [0.717, 1.165) is 5.56 Å². The van der Waals surface area contributed by atoms with E-state index in [4.69, 9.17) is 5.73 Å². The Labute approximate surface area is 147 Å². The van der Waals surface area contributed by atoms with Gasteiger partial charge in [-0.15, -0.1) is 0 Å². The second-order valence-corrected chi connectivity index (χ2v) is 8.09. The standard InChI is InChI=1S/C18H21N3O3S/c19-17(13-14-5-2-1-3-6-14)18(22)20-15-7-9-16(10-8-15)21-11-4-12-25(21,23)24/h1-3,5-10,17H,4,11-13,19H2,(H,20,22). The van der Waals surface area contributed by atoms with Crippen LogP contribution in [0.15, 0.2) is 54.6 Å². The summed E-state index contributed by atoms with van der Waals surface area (Å²) in [5.74, 6) is -0.0924. The van der Waals surface area contributed by atoms with Gasteiger partial charge in [-0.25, -0.2) is 8.42 Å². The van der Waals surface area contributed by atoms with Crippen molar-refractivity contribution >= 4 is 27.3 Å². The van der Waals surface area contributed by atoms with E-state index in [1.807, 2.05) is 30.3 Å². The summed E-state index contributed by atoms with van der Waals surface area (Å²) >= 11 is 0. The highest BCUT2D eigenvalue weighted by Gasteiger charge is 2.28. The molecule has 1 aliphatic heterocycles. The first-order chi connectivity index (χ1) is 12.0. The van der Waals surface area contributed by atoms with E-state index in [1.54, 1.807) is 24.3 Å². The number of carbonyl (C=O) groups is 1. The summed E-state index contributed by atoms with van der Waals surface area (Å²) < 4.78 is 25.3. The fraction of sp³-hybridized carbons (Fsp3) is 0.278. The number of nitrogens with one attached hydrogen (secondary N) is 1. The topological polar surface area (TPSA) is 92.5 Å². The monoisotopic (exact) mass is 359 g/mol. The number of hydrogen-bond donors (Lipinski definition) is 2. The van der Waals surface area contributed by atoms with Gasteiger partial charge in [0.05, 0.1) is 17.5 Å². The zero-order valence-electron chi connectivity index (χ0n) is 13.8. The third-order valence-corrected chi connectivity index (χ3v) is 6.03. The van der Waals surface area contributed by atoms with Gasteiger partial charge in [0, 0.05) is 12.2 Å². The minimum atomic E-state index is -3.20. The molecule has 6 nitrogen and oxygen atoms in total. The van der Waals surface area contributed by atoms with E-state index in [9.17, 15) is 13.2 Å². The fourth-order valence-electron chi connectivity index (χ4n) is 2.84. The Kier molecular flexibility index (Phi) is 5.06. The van der Waals surface area contributed by atoms with Crippen LogP contribution in [0.5, 0.6) is 0 Å². The van der Waals surface area contributed by atoms with Crippen LogP contribution in [-0.2, 0) is 21.2 Å². The summed E-state index contributed by atoms with van der Waals surface area (Å²) in [6.45, 7) is 0.496. The third kappa shape index (κ3) is 4.18. The largest absolute Gasteiger partial charge is 0.325 e. The van der Waals surface area contributed by atoms with Crippen molar-refractivity contribution in [3.05, 3.63) is 60.2 Å². The van der Waals surface area contributed by atoms with E-state index >= 15 is 0 Å². The van der Waals surface area contributed by atoms with Gasteiger partial charge in [-0.1, -0.05) is 30.3 Å². The molecule has 1 aliphatic rings. The second-order valence-electron chi connectivity index (χ2n) is 6.07. The molecular formula is C18H21N3O3S. The quantitative estimate of drug-likeness (QED) is 0.850. The van der Waals surface area contributed by atoms with Gasteiger partial charge in [-0.2, -0.15) is 0 Å². The van der Waals surface area contributed by atoms with Crippen molar-refractivity contribution in [1.29, 1.82) is 0 Å². The maximum atomic E-state index is 12.2. The Balaban J connectivity index is 1.62. The average molecular weight is 359 g/mol. The summed E-state index contributed by atoms with van der Waals surface area (Å²) in [4.78, 5) is 12.2. The van der Waals surface area contributed by atoms with Crippen molar-refractivity contribution in [2.24, 2.45) is 5.73 Å². The van der Waals surface area contributed by atoms with E-state index in [0.29, 0.717) is 30.8 Å². The van der Waals surface area contributed by atoms with Crippen molar-refractivity contribution in [3.8, 4) is 0 Å². The number of amides is 1. The number of sulfonamides is 1. The van der Waals surface area contributed by atoms with E-state index in [1.165, 1.54) is 4.31 Å². The number of nitrogens with zero attached hydrogens (tertiary/aromatic N) is 1. The minimum Gasteiger partial charge on any atom is -0.325 e. The van der Waals surface area contributed by atoms with Crippen molar-refractivity contribution in [3.63, 3.8) is 0 Å². The van der Waals surface area contributed by atoms with Crippen molar-refractivity contribution in [2.75, 3.05) is 21.9 Å². The molecule has 1 fully saturated rings. The first-order valence-electron chi connectivity index (χ1n) is 8.16. The maximum Gasteiger partial charge on any atom is 0.241 e. The van der Waals surface area contributed by atoms with Crippen molar-refractivity contribution in [1.82, 2.24) is 0 Å². The first kappa shape index (κ1) is 17.4. The average Bonchev–Trinajstić information content (AvgIpc) is 2.95. The van der Waals surface area contributed by atoms with Crippen LogP contribution >= 0.6 is 0 Å². The highest BCUT2D eigenvalue weighted by molar-refractivity contribution is 7.93. The molecule has 7 heteroatoms. The Hall–Kier alpha value is -2.38. The lowest BCUT2D eigenvalue weighted by Crippen LogP contribution is -2.37. The number of carbonyl (C=O) groups excluding carboxylic acids is 1. The molecule has 3 rings (SSSR count). The molecule has 0 spiro atoms. The normalized spacial score (nSPS) is 17.2. The second kappa shape index (κ2) is 7.25. The van der Waals surface area contributed by atoms with Gasteiger partial charge < -0.3 is 11.1 Å². The van der Waals surface area contributed by atoms with Crippen LogP contribution in [0, 0.1) is 0 Å². The molecule has 3 N–H and O–H groups in total. The molecule has 1 saturated heterocycles. The van der Waals surface area contributed by atoms with E-state index in [-0.39, 0.29) is 11.7 Å². The number of hydrogen-bond acceptors (Lipinski definition) is 4. The van der Waals surface area contributed by atoms with Crippen LogP contribution in [0.3, 0.4) is 0 Å². The molecule has 132 valence electrons. The van der Waals surface area contributed by atoms with Crippen LogP contribution in [0.2, 0.25) is 0 Å².